The smallest absolute Gasteiger partial charge is 0.139 e. The Morgan fingerprint density at radius 2 is 2.18 bits per heavy atom. The van der Waals surface area contributed by atoms with Crippen molar-refractivity contribution in [2.24, 2.45) is 23.2 Å². The maximum Gasteiger partial charge on any atom is 0.139 e. The topological polar surface area (TPSA) is 17.1 Å². The van der Waals surface area contributed by atoms with E-state index in [0.717, 1.165) is 24.2 Å². The van der Waals surface area contributed by atoms with Gasteiger partial charge in [0.05, 0.1) is 0 Å². The molecule has 2 fully saturated rings. The van der Waals surface area contributed by atoms with Gasteiger partial charge in [-0.1, -0.05) is 27.2 Å². The lowest BCUT2D eigenvalue weighted by Crippen LogP contribution is -2.23. The number of fused-ring (bicyclic) bond motifs is 1. The summed E-state index contributed by atoms with van der Waals surface area (Å²) < 4.78 is 0. The normalized spacial score (nSPS) is 45.7. The second-order valence-electron chi connectivity index (χ2n) is 4.61. The molecule has 0 aliphatic heterocycles. The Hall–Kier alpha value is -0.330. The second-order valence-corrected chi connectivity index (χ2v) is 4.61. The van der Waals surface area contributed by atoms with Gasteiger partial charge in [0.2, 0.25) is 0 Å². The van der Waals surface area contributed by atoms with Crippen LogP contribution in [0.1, 0.15) is 33.6 Å². The second kappa shape index (κ2) is 1.88. The maximum absolute atomic E-state index is 11.4. The van der Waals surface area contributed by atoms with Gasteiger partial charge >= 0.3 is 0 Å². The Labute approximate surface area is 68.2 Å². The number of ketones is 1. The number of carbonyl (C=O) groups is 1. The number of hydrogen-bond acceptors (Lipinski definition) is 1. The third-order valence-corrected chi connectivity index (χ3v) is 3.78. The van der Waals surface area contributed by atoms with Crippen molar-refractivity contribution >= 4 is 5.78 Å². The van der Waals surface area contributed by atoms with Gasteiger partial charge in [0.25, 0.3) is 0 Å². The van der Waals surface area contributed by atoms with Gasteiger partial charge in [-0.3, -0.25) is 4.79 Å². The molecule has 0 unspecified atom stereocenters. The van der Waals surface area contributed by atoms with Crippen LogP contribution in [0.5, 0.6) is 0 Å². The standard InChI is InChI=1S/C10H16O/c1-4-6-7-5-8(11)10(2,3)9(6)7/h6-7,9H,4-5H2,1-3H3/t6-,7+,9-/m1/s1. The fraction of sp³-hybridized carbons (Fsp3) is 0.900. The molecule has 0 aromatic heterocycles. The van der Waals surface area contributed by atoms with E-state index in [1.165, 1.54) is 6.42 Å². The molecule has 0 bridgehead atoms. The maximum atomic E-state index is 11.4. The lowest BCUT2D eigenvalue weighted by molar-refractivity contribution is -0.126. The highest BCUT2D eigenvalue weighted by Gasteiger charge is 2.64. The van der Waals surface area contributed by atoms with Gasteiger partial charge in [0.1, 0.15) is 5.78 Å². The van der Waals surface area contributed by atoms with Gasteiger partial charge in [-0.05, 0) is 17.8 Å². The van der Waals surface area contributed by atoms with Crippen LogP contribution >= 0.6 is 0 Å². The average molecular weight is 152 g/mol. The molecule has 0 aromatic rings. The van der Waals surface area contributed by atoms with Crippen LogP contribution in [0.15, 0.2) is 0 Å². The van der Waals surface area contributed by atoms with Crippen molar-refractivity contribution in [2.45, 2.75) is 33.6 Å². The van der Waals surface area contributed by atoms with Crippen LogP contribution in [0.25, 0.3) is 0 Å². The van der Waals surface area contributed by atoms with Crippen LogP contribution in [0.4, 0.5) is 0 Å². The minimum absolute atomic E-state index is 0.0192. The zero-order valence-electron chi connectivity index (χ0n) is 7.55. The quantitative estimate of drug-likeness (QED) is 0.563. The van der Waals surface area contributed by atoms with E-state index < -0.39 is 0 Å². The molecule has 0 aromatic carbocycles. The van der Waals surface area contributed by atoms with E-state index in [9.17, 15) is 4.79 Å². The number of rotatable bonds is 1. The van der Waals surface area contributed by atoms with Gasteiger partial charge in [0, 0.05) is 11.8 Å². The van der Waals surface area contributed by atoms with Crippen LogP contribution in [-0.4, -0.2) is 5.78 Å². The van der Waals surface area contributed by atoms with Crippen molar-refractivity contribution in [1.82, 2.24) is 0 Å². The van der Waals surface area contributed by atoms with Crippen molar-refractivity contribution < 1.29 is 4.79 Å². The zero-order valence-corrected chi connectivity index (χ0v) is 7.55. The van der Waals surface area contributed by atoms with Gasteiger partial charge in [0.15, 0.2) is 0 Å². The SMILES string of the molecule is CC[C@@H]1[C@@H]2CC(=O)C(C)(C)[C@H]12. The highest BCUT2D eigenvalue weighted by molar-refractivity contribution is 5.88. The van der Waals surface area contributed by atoms with Crippen molar-refractivity contribution in [2.75, 3.05) is 0 Å². The first-order valence-electron chi connectivity index (χ1n) is 4.62. The van der Waals surface area contributed by atoms with Crippen molar-refractivity contribution in [1.29, 1.82) is 0 Å². The summed E-state index contributed by atoms with van der Waals surface area (Å²) in [6.07, 6.45) is 2.14. The Morgan fingerprint density at radius 3 is 2.55 bits per heavy atom. The molecule has 2 rings (SSSR count). The minimum atomic E-state index is 0.0192. The molecule has 2 aliphatic carbocycles. The van der Waals surface area contributed by atoms with Crippen molar-refractivity contribution in [3.8, 4) is 0 Å². The minimum Gasteiger partial charge on any atom is -0.299 e. The van der Waals surface area contributed by atoms with E-state index in [-0.39, 0.29) is 5.41 Å². The molecule has 0 heterocycles. The number of carbonyl (C=O) groups excluding carboxylic acids is 1. The fourth-order valence-electron chi connectivity index (χ4n) is 3.01. The Morgan fingerprint density at radius 1 is 1.55 bits per heavy atom. The lowest BCUT2D eigenvalue weighted by Gasteiger charge is -2.19. The van der Waals surface area contributed by atoms with Crippen LogP contribution in [0.2, 0.25) is 0 Å². The number of hydrogen-bond donors (Lipinski definition) is 0. The first-order chi connectivity index (χ1) is 5.09. The monoisotopic (exact) mass is 152 g/mol. The molecule has 0 amide bonds. The lowest BCUT2D eigenvalue weighted by atomic mass is 9.84. The van der Waals surface area contributed by atoms with Gasteiger partial charge in [-0.25, -0.2) is 0 Å². The number of Topliss-reactive ketones (excluding diaryl/α,β-unsaturated/α-hetero) is 1. The summed E-state index contributed by atoms with van der Waals surface area (Å²) in [5.41, 5.74) is 0.0192. The Bertz CT molecular complexity index is 205. The summed E-state index contributed by atoms with van der Waals surface area (Å²) in [5, 5.41) is 0. The zero-order chi connectivity index (χ0) is 8.22. The molecular formula is C10H16O. The summed E-state index contributed by atoms with van der Waals surface area (Å²) >= 11 is 0. The Kier molecular flexibility index (Phi) is 1.25. The third kappa shape index (κ3) is 0.743. The van der Waals surface area contributed by atoms with E-state index in [1.54, 1.807) is 0 Å². The van der Waals surface area contributed by atoms with Crippen molar-refractivity contribution in [3.63, 3.8) is 0 Å². The summed E-state index contributed by atoms with van der Waals surface area (Å²) in [5.74, 6) is 2.88. The predicted molar refractivity (Wildman–Crippen MR) is 44.2 cm³/mol. The average Bonchev–Trinajstić information content (AvgIpc) is 2.56. The fourth-order valence-corrected chi connectivity index (χ4v) is 3.01. The molecule has 0 spiro atoms. The van der Waals surface area contributed by atoms with E-state index in [0.29, 0.717) is 5.78 Å². The largest absolute Gasteiger partial charge is 0.299 e. The summed E-state index contributed by atoms with van der Waals surface area (Å²) in [7, 11) is 0. The first kappa shape index (κ1) is 7.33. The highest BCUT2D eigenvalue weighted by Crippen LogP contribution is 2.65. The van der Waals surface area contributed by atoms with Crippen LogP contribution in [-0.2, 0) is 4.79 Å². The molecule has 1 nitrogen and oxygen atoms in total. The molecule has 2 aliphatic rings. The molecular weight excluding hydrogens is 136 g/mol. The van der Waals surface area contributed by atoms with Crippen LogP contribution < -0.4 is 0 Å². The highest BCUT2D eigenvalue weighted by atomic mass is 16.1. The molecule has 62 valence electrons. The van der Waals surface area contributed by atoms with Gasteiger partial charge in [-0.2, -0.15) is 0 Å². The van der Waals surface area contributed by atoms with Gasteiger partial charge in [-0.15, -0.1) is 0 Å². The van der Waals surface area contributed by atoms with Crippen molar-refractivity contribution in [3.05, 3.63) is 0 Å². The predicted octanol–water partition coefficient (Wildman–Crippen LogP) is 2.26. The van der Waals surface area contributed by atoms with E-state index in [1.807, 2.05) is 0 Å². The molecule has 0 N–H and O–H groups in total. The molecule has 0 saturated heterocycles. The molecule has 3 atom stereocenters. The molecule has 2 saturated carbocycles. The van der Waals surface area contributed by atoms with E-state index >= 15 is 0 Å². The third-order valence-electron chi connectivity index (χ3n) is 3.78. The van der Waals surface area contributed by atoms with Crippen LogP contribution in [0, 0.1) is 23.2 Å². The molecule has 0 radical (unpaired) electrons. The summed E-state index contributed by atoms with van der Waals surface area (Å²) in [6.45, 7) is 6.48. The summed E-state index contributed by atoms with van der Waals surface area (Å²) in [6, 6.07) is 0. The summed E-state index contributed by atoms with van der Waals surface area (Å²) in [4.78, 5) is 11.4. The van der Waals surface area contributed by atoms with E-state index in [4.69, 9.17) is 0 Å². The molecule has 1 heteroatoms. The van der Waals surface area contributed by atoms with Crippen LogP contribution in [0.3, 0.4) is 0 Å². The van der Waals surface area contributed by atoms with Gasteiger partial charge < -0.3 is 0 Å². The molecule has 11 heavy (non-hydrogen) atoms. The van der Waals surface area contributed by atoms with E-state index in [2.05, 4.69) is 20.8 Å². The Balaban J connectivity index is 2.17. The first-order valence-corrected chi connectivity index (χ1v) is 4.62.